The van der Waals surface area contributed by atoms with Gasteiger partial charge in [0.25, 0.3) is 0 Å². The van der Waals surface area contributed by atoms with Crippen molar-refractivity contribution >= 4 is 5.91 Å². The molecule has 3 atom stereocenters. The summed E-state index contributed by atoms with van der Waals surface area (Å²) in [5.41, 5.74) is 1.90. The topological polar surface area (TPSA) is 58.4 Å². The molecule has 1 aromatic rings. The Morgan fingerprint density at radius 1 is 1.45 bits per heavy atom. The largest absolute Gasteiger partial charge is 0.361 e. The van der Waals surface area contributed by atoms with E-state index < -0.39 is 0 Å². The SMILES string of the molecule is Cc1noc(C)c1CN(C)C(=O)C1NCC2CCCC21. The van der Waals surface area contributed by atoms with Crippen molar-refractivity contribution in [3.05, 3.63) is 17.0 Å². The van der Waals surface area contributed by atoms with Gasteiger partial charge in [0.05, 0.1) is 18.3 Å². The Labute approximate surface area is 119 Å². The van der Waals surface area contributed by atoms with Crippen LogP contribution in [0.15, 0.2) is 4.52 Å². The maximum Gasteiger partial charge on any atom is 0.240 e. The fraction of sp³-hybridized carbons (Fsp3) is 0.733. The van der Waals surface area contributed by atoms with E-state index in [1.54, 1.807) is 0 Å². The molecule has 1 aliphatic carbocycles. The highest BCUT2D eigenvalue weighted by molar-refractivity contribution is 5.82. The normalized spacial score (nSPS) is 28.6. The third-order valence-electron chi connectivity index (χ3n) is 4.96. The second-order valence-electron chi connectivity index (χ2n) is 6.24. The van der Waals surface area contributed by atoms with Gasteiger partial charge in [0, 0.05) is 12.6 Å². The predicted molar refractivity (Wildman–Crippen MR) is 75.1 cm³/mol. The molecular formula is C15H23N3O2. The van der Waals surface area contributed by atoms with Gasteiger partial charge in [0.2, 0.25) is 5.91 Å². The van der Waals surface area contributed by atoms with Gasteiger partial charge in [-0.15, -0.1) is 0 Å². The van der Waals surface area contributed by atoms with Gasteiger partial charge >= 0.3 is 0 Å². The zero-order valence-electron chi connectivity index (χ0n) is 12.5. The molecule has 1 saturated heterocycles. The van der Waals surface area contributed by atoms with Gasteiger partial charge in [0.1, 0.15) is 5.76 Å². The molecule has 1 saturated carbocycles. The lowest BCUT2D eigenvalue weighted by Gasteiger charge is -2.24. The molecule has 2 aliphatic rings. The molecule has 1 N–H and O–H groups in total. The summed E-state index contributed by atoms with van der Waals surface area (Å²) in [5.74, 6) is 2.26. The van der Waals surface area contributed by atoms with Crippen LogP contribution in [0.2, 0.25) is 0 Å². The van der Waals surface area contributed by atoms with Crippen LogP contribution in [0.4, 0.5) is 0 Å². The number of carbonyl (C=O) groups is 1. The van der Waals surface area contributed by atoms with Crippen LogP contribution < -0.4 is 5.32 Å². The van der Waals surface area contributed by atoms with E-state index in [4.69, 9.17) is 4.52 Å². The molecule has 5 nitrogen and oxygen atoms in total. The molecular weight excluding hydrogens is 254 g/mol. The summed E-state index contributed by atoms with van der Waals surface area (Å²) in [6, 6.07) is 0.00738. The van der Waals surface area contributed by atoms with E-state index in [-0.39, 0.29) is 11.9 Å². The van der Waals surface area contributed by atoms with Gasteiger partial charge in [0.15, 0.2) is 0 Å². The van der Waals surface area contributed by atoms with Crippen molar-refractivity contribution in [2.75, 3.05) is 13.6 Å². The van der Waals surface area contributed by atoms with E-state index in [0.717, 1.165) is 23.6 Å². The maximum absolute atomic E-state index is 12.6. The molecule has 3 unspecified atom stereocenters. The summed E-state index contributed by atoms with van der Waals surface area (Å²) in [4.78, 5) is 14.5. The molecule has 110 valence electrons. The fourth-order valence-corrected chi connectivity index (χ4v) is 3.74. The highest BCUT2D eigenvalue weighted by Gasteiger charge is 2.43. The van der Waals surface area contributed by atoms with E-state index in [0.29, 0.717) is 18.4 Å². The Morgan fingerprint density at radius 3 is 2.95 bits per heavy atom. The first-order chi connectivity index (χ1) is 9.58. The average molecular weight is 277 g/mol. The molecule has 0 spiro atoms. The average Bonchev–Trinajstić information content (AvgIpc) is 3.09. The van der Waals surface area contributed by atoms with E-state index in [2.05, 4.69) is 10.5 Å². The molecule has 0 aromatic carbocycles. The number of likely N-dealkylation sites (N-methyl/N-ethyl adjacent to an activating group) is 1. The predicted octanol–water partition coefficient (Wildman–Crippen LogP) is 1.64. The fourth-order valence-electron chi connectivity index (χ4n) is 3.74. The highest BCUT2D eigenvalue weighted by atomic mass is 16.5. The number of hydrogen-bond donors (Lipinski definition) is 1. The minimum atomic E-state index is 0.00738. The lowest BCUT2D eigenvalue weighted by molar-refractivity contribution is -0.133. The molecule has 20 heavy (non-hydrogen) atoms. The van der Waals surface area contributed by atoms with Gasteiger partial charge in [-0.2, -0.15) is 0 Å². The number of aryl methyl sites for hydroxylation is 2. The Kier molecular flexibility index (Phi) is 3.54. The Hall–Kier alpha value is -1.36. The Bertz CT molecular complexity index is 492. The minimum absolute atomic E-state index is 0.00738. The number of amides is 1. The van der Waals surface area contributed by atoms with Gasteiger partial charge in [-0.1, -0.05) is 11.6 Å². The molecule has 1 amide bonds. The summed E-state index contributed by atoms with van der Waals surface area (Å²) in [5, 5.41) is 7.37. The number of rotatable bonds is 3. The summed E-state index contributed by atoms with van der Waals surface area (Å²) < 4.78 is 5.17. The minimum Gasteiger partial charge on any atom is -0.361 e. The first kappa shape index (κ1) is 13.6. The van der Waals surface area contributed by atoms with Crippen LogP contribution in [0.5, 0.6) is 0 Å². The van der Waals surface area contributed by atoms with E-state index >= 15 is 0 Å². The number of hydrogen-bond acceptors (Lipinski definition) is 4. The number of nitrogens with zero attached hydrogens (tertiary/aromatic N) is 2. The summed E-state index contributed by atoms with van der Waals surface area (Å²) in [6.07, 6.45) is 3.73. The number of carbonyl (C=O) groups excluding carboxylic acids is 1. The monoisotopic (exact) mass is 277 g/mol. The van der Waals surface area contributed by atoms with Crippen molar-refractivity contribution < 1.29 is 9.32 Å². The molecule has 1 aromatic heterocycles. The maximum atomic E-state index is 12.6. The zero-order valence-corrected chi connectivity index (χ0v) is 12.5. The van der Waals surface area contributed by atoms with Crippen LogP contribution >= 0.6 is 0 Å². The lowest BCUT2D eigenvalue weighted by Crippen LogP contribution is -2.44. The van der Waals surface area contributed by atoms with E-state index in [1.807, 2.05) is 25.8 Å². The molecule has 0 bridgehead atoms. The molecule has 2 fully saturated rings. The molecule has 5 heteroatoms. The first-order valence-corrected chi connectivity index (χ1v) is 7.48. The Balaban J connectivity index is 1.68. The molecule has 3 rings (SSSR count). The van der Waals surface area contributed by atoms with Crippen LogP contribution in [0.25, 0.3) is 0 Å². The number of nitrogens with one attached hydrogen (secondary N) is 1. The smallest absolute Gasteiger partial charge is 0.240 e. The van der Waals surface area contributed by atoms with Crippen molar-refractivity contribution in [3.63, 3.8) is 0 Å². The van der Waals surface area contributed by atoms with Gasteiger partial charge in [-0.25, -0.2) is 0 Å². The summed E-state index contributed by atoms with van der Waals surface area (Å²) >= 11 is 0. The Morgan fingerprint density at radius 2 is 2.25 bits per heavy atom. The zero-order chi connectivity index (χ0) is 14.3. The lowest BCUT2D eigenvalue weighted by atomic mass is 9.93. The van der Waals surface area contributed by atoms with E-state index in [1.165, 1.54) is 19.3 Å². The van der Waals surface area contributed by atoms with Crippen LogP contribution in [-0.2, 0) is 11.3 Å². The van der Waals surface area contributed by atoms with Gasteiger partial charge in [-0.3, -0.25) is 4.79 Å². The summed E-state index contributed by atoms with van der Waals surface area (Å²) in [6.45, 7) is 5.40. The number of fused-ring (bicyclic) bond motifs is 1. The van der Waals surface area contributed by atoms with E-state index in [9.17, 15) is 4.79 Å². The third-order valence-corrected chi connectivity index (χ3v) is 4.96. The second-order valence-corrected chi connectivity index (χ2v) is 6.24. The van der Waals surface area contributed by atoms with Crippen LogP contribution in [0.1, 0.15) is 36.3 Å². The third kappa shape index (κ3) is 2.24. The molecule has 0 radical (unpaired) electrons. The van der Waals surface area contributed by atoms with Crippen molar-refractivity contribution in [2.24, 2.45) is 11.8 Å². The summed E-state index contributed by atoms with van der Waals surface area (Å²) in [7, 11) is 1.87. The van der Waals surface area contributed by atoms with Gasteiger partial charge < -0.3 is 14.7 Å². The number of aromatic nitrogens is 1. The van der Waals surface area contributed by atoms with Crippen molar-refractivity contribution in [1.29, 1.82) is 0 Å². The van der Waals surface area contributed by atoms with Crippen LogP contribution in [0.3, 0.4) is 0 Å². The molecule has 2 heterocycles. The second kappa shape index (κ2) is 5.20. The standard InChI is InChI=1S/C15H23N3O2/c1-9-13(10(2)20-17-9)8-18(3)15(19)14-12-6-4-5-11(12)7-16-14/h11-12,14,16H,4-8H2,1-3H3. The van der Waals surface area contributed by atoms with Crippen molar-refractivity contribution in [1.82, 2.24) is 15.4 Å². The highest BCUT2D eigenvalue weighted by Crippen LogP contribution is 2.38. The van der Waals surface area contributed by atoms with Gasteiger partial charge in [-0.05, 0) is 45.1 Å². The first-order valence-electron chi connectivity index (χ1n) is 7.48. The van der Waals surface area contributed by atoms with Crippen LogP contribution in [-0.4, -0.2) is 35.6 Å². The molecule has 1 aliphatic heterocycles. The van der Waals surface area contributed by atoms with Crippen LogP contribution in [0, 0.1) is 25.7 Å². The van der Waals surface area contributed by atoms with Crippen molar-refractivity contribution in [3.8, 4) is 0 Å². The van der Waals surface area contributed by atoms with Crippen molar-refractivity contribution in [2.45, 2.75) is 45.7 Å². The quantitative estimate of drug-likeness (QED) is 0.912.